The van der Waals surface area contributed by atoms with Crippen LogP contribution in [0.25, 0.3) is 16.9 Å². The van der Waals surface area contributed by atoms with Crippen LogP contribution in [0.4, 0.5) is 4.79 Å². The first kappa shape index (κ1) is 18.9. The molecule has 5 rings (SSSR count). The number of benzene rings is 2. The first-order valence-corrected chi connectivity index (χ1v) is 10.5. The molecule has 1 saturated carbocycles. The number of para-hydroxylation sites is 1. The van der Waals surface area contributed by atoms with Crippen molar-refractivity contribution in [2.45, 2.75) is 37.8 Å². The van der Waals surface area contributed by atoms with Gasteiger partial charge < -0.3 is 5.32 Å². The summed E-state index contributed by atoms with van der Waals surface area (Å²) >= 11 is 6.05. The van der Waals surface area contributed by atoms with E-state index in [1.54, 1.807) is 4.68 Å². The van der Waals surface area contributed by atoms with E-state index in [4.69, 9.17) is 16.7 Å². The molecule has 152 valence electrons. The van der Waals surface area contributed by atoms with Gasteiger partial charge in [0.25, 0.3) is 5.91 Å². The Balaban J connectivity index is 1.53. The number of hydrogen-bond acceptors (Lipinski definition) is 3. The zero-order valence-electron chi connectivity index (χ0n) is 16.3. The Morgan fingerprint density at radius 2 is 1.70 bits per heavy atom. The quantitative estimate of drug-likeness (QED) is 0.629. The van der Waals surface area contributed by atoms with E-state index in [-0.39, 0.29) is 18.5 Å². The summed E-state index contributed by atoms with van der Waals surface area (Å²) in [5, 5.41) is 8.35. The van der Waals surface area contributed by atoms with Crippen LogP contribution in [-0.2, 0) is 11.3 Å². The van der Waals surface area contributed by atoms with Crippen LogP contribution >= 0.6 is 11.6 Å². The minimum Gasteiger partial charge on any atom is -0.323 e. The van der Waals surface area contributed by atoms with Gasteiger partial charge in [0.2, 0.25) is 0 Å². The molecular weight excluding hydrogens is 400 g/mol. The molecule has 1 N–H and O–H groups in total. The maximum Gasteiger partial charge on any atom is 0.325 e. The van der Waals surface area contributed by atoms with E-state index < -0.39 is 5.54 Å². The van der Waals surface area contributed by atoms with Crippen LogP contribution in [0.2, 0.25) is 5.02 Å². The molecule has 1 aliphatic heterocycles. The highest BCUT2D eigenvalue weighted by atomic mass is 35.5. The van der Waals surface area contributed by atoms with Crippen LogP contribution < -0.4 is 5.32 Å². The number of nitrogens with zero attached hydrogens (tertiary/aromatic N) is 3. The van der Waals surface area contributed by atoms with Crippen molar-refractivity contribution >= 4 is 23.5 Å². The molecule has 1 saturated heterocycles. The molecule has 3 aromatic rings. The minimum atomic E-state index is -0.715. The molecule has 2 heterocycles. The lowest BCUT2D eigenvalue weighted by molar-refractivity contribution is -0.131. The number of hydrogen-bond donors (Lipinski definition) is 1. The van der Waals surface area contributed by atoms with Gasteiger partial charge in [0.15, 0.2) is 0 Å². The Labute approximate surface area is 179 Å². The number of carbonyl (C=O) groups excluding carboxylic acids is 2. The molecule has 1 aromatic heterocycles. The number of aromatic nitrogens is 2. The largest absolute Gasteiger partial charge is 0.325 e. The highest BCUT2D eigenvalue weighted by Crippen LogP contribution is 2.36. The van der Waals surface area contributed by atoms with Crippen molar-refractivity contribution < 1.29 is 9.59 Å². The second-order valence-electron chi connectivity index (χ2n) is 7.90. The molecule has 0 radical (unpaired) electrons. The lowest BCUT2D eigenvalue weighted by atomic mass is 9.98. The summed E-state index contributed by atoms with van der Waals surface area (Å²) < 4.78 is 1.78. The zero-order valence-corrected chi connectivity index (χ0v) is 17.1. The van der Waals surface area contributed by atoms with Crippen LogP contribution in [0, 0.1) is 0 Å². The maximum atomic E-state index is 13.1. The van der Waals surface area contributed by atoms with E-state index in [9.17, 15) is 9.59 Å². The minimum absolute atomic E-state index is 0.125. The molecule has 3 amide bonds. The van der Waals surface area contributed by atoms with Crippen LogP contribution in [0.1, 0.15) is 31.2 Å². The van der Waals surface area contributed by atoms with Gasteiger partial charge in [-0.05, 0) is 37.1 Å². The summed E-state index contributed by atoms with van der Waals surface area (Å²) in [5.74, 6) is -0.125. The lowest BCUT2D eigenvalue weighted by Crippen LogP contribution is -2.44. The number of imide groups is 1. The van der Waals surface area contributed by atoms with Crippen molar-refractivity contribution in [2.75, 3.05) is 0 Å². The molecule has 30 heavy (non-hydrogen) atoms. The molecular formula is C23H21ClN4O2. The Morgan fingerprint density at radius 3 is 2.40 bits per heavy atom. The normalized spacial score (nSPS) is 17.7. The Hall–Kier alpha value is -3.12. The molecule has 6 nitrogen and oxygen atoms in total. The van der Waals surface area contributed by atoms with Crippen molar-refractivity contribution in [1.29, 1.82) is 0 Å². The highest BCUT2D eigenvalue weighted by Gasteiger charge is 2.52. The van der Waals surface area contributed by atoms with Gasteiger partial charge in [-0.3, -0.25) is 9.69 Å². The SMILES string of the molecule is O=C1NC2(CCCC2)C(=O)N1Cc1cn(-c2ccccc2)nc1-c1ccc(Cl)cc1. The lowest BCUT2D eigenvalue weighted by Gasteiger charge is -2.20. The van der Waals surface area contributed by atoms with Gasteiger partial charge in [-0.25, -0.2) is 9.48 Å². The predicted molar refractivity (Wildman–Crippen MR) is 114 cm³/mol. The van der Waals surface area contributed by atoms with Crippen LogP contribution in [-0.4, -0.2) is 32.2 Å². The van der Waals surface area contributed by atoms with E-state index in [1.165, 1.54) is 4.90 Å². The molecule has 0 unspecified atom stereocenters. The number of carbonyl (C=O) groups is 2. The monoisotopic (exact) mass is 420 g/mol. The third kappa shape index (κ3) is 3.17. The van der Waals surface area contributed by atoms with Crippen LogP contribution in [0.15, 0.2) is 60.8 Å². The van der Waals surface area contributed by atoms with Gasteiger partial charge in [0.1, 0.15) is 5.54 Å². The fourth-order valence-corrected chi connectivity index (χ4v) is 4.52. The van der Waals surface area contributed by atoms with Gasteiger partial charge in [0.05, 0.1) is 17.9 Å². The van der Waals surface area contributed by atoms with E-state index >= 15 is 0 Å². The number of amides is 3. The van der Waals surface area contributed by atoms with Gasteiger partial charge in [0, 0.05) is 22.3 Å². The summed E-state index contributed by atoms with van der Waals surface area (Å²) in [6, 6.07) is 16.8. The predicted octanol–water partition coefficient (Wildman–Crippen LogP) is 4.56. The topological polar surface area (TPSA) is 67.2 Å². The average Bonchev–Trinajstić information content (AvgIpc) is 3.45. The Bertz CT molecular complexity index is 1100. The van der Waals surface area contributed by atoms with Crippen molar-refractivity contribution in [2.24, 2.45) is 0 Å². The summed E-state index contributed by atoms with van der Waals surface area (Å²) in [6.07, 6.45) is 5.23. The summed E-state index contributed by atoms with van der Waals surface area (Å²) in [6.45, 7) is 0.178. The molecule has 2 aliphatic rings. The third-order valence-electron chi connectivity index (χ3n) is 5.96. The first-order valence-electron chi connectivity index (χ1n) is 10.1. The van der Waals surface area contributed by atoms with Crippen LogP contribution in [0.3, 0.4) is 0 Å². The average molecular weight is 421 g/mol. The standard InChI is InChI=1S/C23H21ClN4O2/c24-18-10-8-16(9-11-18)20-17(15-28(26-20)19-6-2-1-3-7-19)14-27-21(29)23(25-22(27)30)12-4-5-13-23/h1-3,6-11,15H,4-5,12-14H2,(H,25,30). The summed E-state index contributed by atoms with van der Waals surface area (Å²) in [4.78, 5) is 27.1. The number of rotatable bonds is 4. The summed E-state index contributed by atoms with van der Waals surface area (Å²) in [7, 11) is 0. The Kier molecular flexibility index (Phi) is 4.59. The molecule has 0 atom stereocenters. The van der Waals surface area contributed by atoms with Crippen molar-refractivity contribution in [1.82, 2.24) is 20.0 Å². The number of halogens is 1. The first-order chi connectivity index (χ1) is 14.6. The number of nitrogens with one attached hydrogen (secondary N) is 1. The smallest absolute Gasteiger partial charge is 0.323 e. The molecule has 1 aliphatic carbocycles. The molecule has 0 bridgehead atoms. The van der Waals surface area contributed by atoms with Gasteiger partial charge in [-0.1, -0.05) is 54.8 Å². The fraction of sp³-hybridized carbons (Fsp3) is 0.261. The van der Waals surface area contributed by atoms with Crippen molar-refractivity contribution in [3.63, 3.8) is 0 Å². The van der Waals surface area contributed by atoms with E-state index in [1.807, 2.05) is 60.8 Å². The maximum absolute atomic E-state index is 13.1. The van der Waals surface area contributed by atoms with Gasteiger partial charge in [-0.15, -0.1) is 0 Å². The van der Waals surface area contributed by atoms with Gasteiger partial charge >= 0.3 is 6.03 Å². The van der Waals surface area contributed by atoms with E-state index in [0.717, 1.165) is 35.3 Å². The third-order valence-corrected chi connectivity index (χ3v) is 6.21. The van der Waals surface area contributed by atoms with Crippen molar-refractivity contribution in [3.8, 4) is 16.9 Å². The second-order valence-corrected chi connectivity index (χ2v) is 8.34. The molecule has 2 fully saturated rings. The zero-order chi connectivity index (χ0) is 20.7. The number of urea groups is 1. The molecule has 2 aromatic carbocycles. The van der Waals surface area contributed by atoms with Crippen LogP contribution in [0.5, 0.6) is 0 Å². The molecule has 1 spiro atoms. The Morgan fingerprint density at radius 1 is 1.00 bits per heavy atom. The molecule has 7 heteroatoms. The van der Waals surface area contributed by atoms with Crippen molar-refractivity contribution in [3.05, 3.63) is 71.4 Å². The second kappa shape index (κ2) is 7.29. The van der Waals surface area contributed by atoms with Gasteiger partial charge in [-0.2, -0.15) is 5.10 Å². The van der Waals surface area contributed by atoms with E-state index in [0.29, 0.717) is 17.9 Å². The highest BCUT2D eigenvalue weighted by molar-refractivity contribution is 6.30. The summed E-state index contributed by atoms with van der Waals surface area (Å²) in [5.41, 5.74) is 2.60. The fourth-order valence-electron chi connectivity index (χ4n) is 4.40. The van der Waals surface area contributed by atoms with E-state index in [2.05, 4.69) is 5.32 Å².